The number of nitrogens with zero attached hydrogens (tertiary/aromatic N) is 1. The van der Waals surface area contributed by atoms with Crippen LogP contribution in [0.2, 0.25) is 10.0 Å². The molecule has 3 rings (SSSR count). The van der Waals surface area contributed by atoms with Crippen LogP contribution in [0.4, 0.5) is 5.69 Å². The van der Waals surface area contributed by atoms with Crippen LogP contribution in [0.5, 0.6) is 11.5 Å². The van der Waals surface area contributed by atoms with Crippen molar-refractivity contribution in [1.29, 1.82) is 0 Å². The van der Waals surface area contributed by atoms with Crippen LogP contribution < -0.4 is 20.2 Å². The van der Waals surface area contributed by atoms with Crippen molar-refractivity contribution in [3.05, 3.63) is 85.8 Å². The van der Waals surface area contributed by atoms with Gasteiger partial charge >= 0.3 is 0 Å². The Morgan fingerprint density at radius 3 is 2.49 bits per heavy atom. The third kappa shape index (κ3) is 7.99. The molecule has 0 aliphatic heterocycles. The van der Waals surface area contributed by atoms with Crippen molar-refractivity contribution in [1.82, 2.24) is 5.43 Å². The predicted molar refractivity (Wildman–Crippen MR) is 142 cm³/mol. The molecule has 0 saturated heterocycles. The maximum absolute atomic E-state index is 12.1. The summed E-state index contributed by atoms with van der Waals surface area (Å²) in [6, 6.07) is 15.9. The van der Waals surface area contributed by atoms with E-state index in [0.29, 0.717) is 43.9 Å². The number of carbonyl (C=O) groups is 2. The van der Waals surface area contributed by atoms with E-state index in [0.717, 1.165) is 11.1 Å². The van der Waals surface area contributed by atoms with E-state index in [1.165, 1.54) is 13.3 Å². The lowest BCUT2D eigenvalue weighted by molar-refractivity contribution is -0.126. The number of nitrogens with one attached hydrogen (secondary N) is 2. The standard InChI is InChI=1S/C25H22BrCl2N3O4/c1-15-3-8-19(11-21(15)28)30-23(32)12-24(33)31-29-13-17-9-20(26)25(22(10-17)34-2)35-14-16-4-6-18(27)7-5-16/h3-11,13H,12,14H2,1-2H3,(H,30,32)(H,31,33). The van der Waals surface area contributed by atoms with E-state index in [4.69, 9.17) is 32.7 Å². The molecule has 0 unspecified atom stereocenters. The number of hydrogen-bond acceptors (Lipinski definition) is 5. The average molecular weight is 579 g/mol. The predicted octanol–water partition coefficient (Wildman–Crippen LogP) is 6.13. The molecule has 0 bridgehead atoms. The highest BCUT2D eigenvalue weighted by atomic mass is 79.9. The quantitative estimate of drug-likeness (QED) is 0.181. The molecule has 0 saturated carbocycles. The maximum atomic E-state index is 12.1. The largest absolute Gasteiger partial charge is 0.493 e. The Balaban J connectivity index is 1.56. The molecule has 0 atom stereocenters. The highest BCUT2D eigenvalue weighted by Gasteiger charge is 2.13. The number of carbonyl (C=O) groups excluding carboxylic acids is 2. The van der Waals surface area contributed by atoms with E-state index < -0.39 is 18.2 Å². The van der Waals surface area contributed by atoms with Crippen molar-refractivity contribution >= 4 is 62.8 Å². The fourth-order valence-electron chi connectivity index (χ4n) is 2.93. The lowest BCUT2D eigenvalue weighted by Gasteiger charge is -2.13. The first-order chi connectivity index (χ1) is 16.7. The van der Waals surface area contributed by atoms with Crippen LogP contribution >= 0.6 is 39.1 Å². The molecule has 0 aromatic heterocycles. The number of aryl methyl sites for hydroxylation is 1. The van der Waals surface area contributed by atoms with E-state index >= 15 is 0 Å². The first-order valence-corrected chi connectivity index (χ1v) is 11.9. The first kappa shape index (κ1) is 26.5. The van der Waals surface area contributed by atoms with Crippen LogP contribution in [0.1, 0.15) is 23.1 Å². The van der Waals surface area contributed by atoms with Crippen LogP contribution in [0.15, 0.2) is 64.2 Å². The summed E-state index contributed by atoms with van der Waals surface area (Å²) in [5.41, 5.74) is 5.33. The summed E-state index contributed by atoms with van der Waals surface area (Å²) in [5.74, 6) is -0.0381. The number of rotatable bonds is 9. The number of ether oxygens (including phenoxy) is 2. The van der Waals surface area contributed by atoms with Gasteiger partial charge in [0.2, 0.25) is 11.8 Å². The van der Waals surface area contributed by atoms with Crippen molar-refractivity contribution in [2.75, 3.05) is 12.4 Å². The lowest BCUT2D eigenvalue weighted by Crippen LogP contribution is -2.24. The molecular weight excluding hydrogens is 557 g/mol. The minimum absolute atomic E-state index is 0.326. The van der Waals surface area contributed by atoms with E-state index in [1.54, 1.807) is 42.5 Å². The van der Waals surface area contributed by atoms with Crippen molar-refractivity contribution < 1.29 is 19.1 Å². The molecule has 0 fully saturated rings. The molecule has 10 heteroatoms. The zero-order valence-electron chi connectivity index (χ0n) is 18.9. The Hall–Kier alpha value is -3.07. The van der Waals surface area contributed by atoms with Crippen molar-refractivity contribution in [2.24, 2.45) is 5.10 Å². The fraction of sp³-hybridized carbons (Fsp3) is 0.160. The molecule has 0 spiro atoms. The van der Waals surface area contributed by atoms with Crippen LogP contribution in [0.3, 0.4) is 0 Å². The van der Waals surface area contributed by atoms with Crippen LogP contribution in [0.25, 0.3) is 0 Å². The summed E-state index contributed by atoms with van der Waals surface area (Å²) in [7, 11) is 1.53. The van der Waals surface area contributed by atoms with Gasteiger partial charge in [0.15, 0.2) is 11.5 Å². The molecule has 0 aliphatic carbocycles. The fourth-order valence-corrected chi connectivity index (χ4v) is 3.81. The highest BCUT2D eigenvalue weighted by molar-refractivity contribution is 9.10. The van der Waals surface area contributed by atoms with Crippen LogP contribution in [0, 0.1) is 6.92 Å². The summed E-state index contributed by atoms with van der Waals surface area (Å²) in [6.07, 6.45) is 1.04. The molecule has 0 heterocycles. The monoisotopic (exact) mass is 577 g/mol. The Bertz CT molecular complexity index is 1250. The zero-order valence-corrected chi connectivity index (χ0v) is 22.0. The van der Waals surface area contributed by atoms with Crippen molar-refractivity contribution in [3.63, 3.8) is 0 Å². The second-order valence-corrected chi connectivity index (χ2v) is 9.13. The molecule has 35 heavy (non-hydrogen) atoms. The second-order valence-electron chi connectivity index (χ2n) is 7.43. The van der Waals surface area contributed by atoms with Gasteiger partial charge in [0.1, 0.15) is 13.0 Å². The molecule has 3 aromatic rings. The Kier molecular flexibility index (Phi) is 9.54. The zero-order chi connectivity index (χ0) is 25.4. The number of halogens is 3. The molecular formula is C25H22BrCl2N3O4. The molecule has 182 valence electrons. The van der Waals surface area contributed by atoms with Crippen molar-refractivity contribution in [2.45, 2.75) is 20.0 Å². The average Bonchev–Trinajstić information content (AvgIpc) is 2.81. The summed E-state index contributed by atoms with van der Waals surface area (Å²) in [6.45, 7) is 2.18. The summed E-state index contributed by atoms with van der Waals surface area (Å²) >= 11 is 15.4. The van der Waals surface area contributed by atoms with Gasteiger partial charge in [0.05, 0.1) is 17.8 Å². The van der Waals surface area contributed by atoms with Crippen LogP contribution in [-0.2, 0) is 16.2 Å². The third-order valence-corrected chi connectivity index (χ3v) is 5.98. The Morgan fingerprint density at radius 2 is 1.80 bits per heavy atom. The van der Waals surface area contributed by atoms with Crippen LogP contribution in [-0.4, -0.2) is 25.1 Å². The van der Waals surface area contributed by atoms with E-state index in [1.807, 2.05) is 19.1 Å². The Morgan fingerprint density at radius 1 is 1.06 bits per heavy atom. The number of methoxy groups -OCH3 is 1. The minimum atomic E-state index is -0.564. The van der Waals surface area contributed by atoms with Gasteiger partial charge in [-0.05, 0) is 75.9 Å². The molecule has 7 nitrogen and oxygen atoms in total. The number of amides is 2. The maximum Gasteiger partial charge on any atom is 0.249 e. The van der Waals surface area contributed by atoms with E-state index in [2.05, 4.69) is 31.8 Å². The lowest BCUT2D eigenvalue weighted by atomic mass is 10.2. The number of anilines is 1. The molecule has 3 aromatic carbocycles. The minimum Gasteiger partial charge on any atom is -0.493 e. The van der Waals surface area contributed by atoms with Gasteiger partial charge in [0.25, 0.3) is 0 Å². The summed E-state index contributed by atoms with van der Waals surface area (Å²) in [5, 5.41) is 7.73. The van der Waals surface area contributed by atoms with Gasteiger partial charge in [-0.2, -0.15) is 5.10 Å². The molecule has 2 N–H and O–H groups in total. The second kappa shape index (κ2) is 12.6. The topological polar surface area (TPSA) is 89.0 Å². The van der Waals surface area contributed by atoms with E-state index in [-0.39, 0.29) is 0 Å². The summed E-state index contributed by atoms with van der Waals surface area (Å²) in [4.78, 5) is 24.2. The first-order valence-electron chi connectivity index (χ1n) is 10.4. The molecule has 2 amide bonds. The van der Waals surface area contributed by atoms with Gasteiger partial charge in [-0.25, -0.2) is 5.43 Å². The van der Waals surface area contributed by atoms with Gasteiger partial charge in [-0.1, -0.05) is 41.4 Å². The van der Waals surface area contributed by atoms with E-state index in [9.17, 15) is 9.59 Å². The number of benzene rings is 3. The normalized spacial score (nSPS) is 10.8. The van der Waals surface area contributed by atoms with Gasteiger partial charge < -0.3 is 14.8 Å². The third-order valence-electron chi connectivity index (χ3n) is 4.73. The number of hydrogen-bond donors (Lipinski definition) is 2. The number of hydrazone groups is 1. The highest BCUT2D eigenvalue weighted by Crippen LogP contribution is 2.37. The van der Waals surface area contributed by atoms with Gasteiger partial charge in [0, 0.05) is 15.7 Å². The van der Waals surface area contributed by atoms with Crippen molar-refractivity contribution in [3.8, 4) is 11.5 Å². The van der Waals surface area contributed by atoms with Gasteiger partial charge in [-0.15, -0.1) is 0 Å². The Labute approximate surface area is 221 Å². The van der Waals surface area contributed by atoms with Gasteiger partial charge in [-0.3, -0.25) is 9.59 Å². The smallest absolute Gasteiger partial charge is 0.249 e. The molecule has 0 radical (unpaired) electrons. The molecule has 0 aliphatic rings. The summed E-state index contributed by atoms with van der Waals surface area (Å²) < 4.78 is 12.0. The SMILES string of the molecule is COc1cc(C=NNC(=O)CC(=O)Nc2ccc(C)c(Cl)c2)cc(Br)c1OCc1ccc(Cl)cc1.